The summed E-state index contributed by atoms with van der Waals surface area (Å²) in [6, 6.07) is 16.2. The van der Waals surface area contributed by atoms with E-state index in [0.717, 1.165) is 42.1 Å². The molecule has 38 heavy (non-hydrogen) atoms. The van der Waals surface area contributed by atoms with Gasteiger partial charge in [0.25, 0.3) is 5.91 Å². The summed E-state index contributed by atoms with van der Waals surface area (Å²) in [6.45, 7) is 5.91. The zero-order chi connectivity index (χ0) is 26.3. The fourth-order valence-corrected chi connectivity index (χ4v) is 4.62. The van der Waals surface area contributed by atoms with Gasteiger partial charge in [-0.15, -0.1) is 10.2 Å². The molecule has 5 rings (SSSR count). The third-order valence-electron chi connectivity index (χ3n) is 6.71. The van der Waals surface area contributed by atoms with Gasteiger partial charge >= 0.3 is 0 Å². The number of piperidine rings is 1. The molecule has 0 saturated carbocycles. The number of H-pyrrole nitrogens is 1. The number of hydrogen-bond acceptors (Lipinski definition) is 6. The summed E-state index contributed by atoms with van der Waals surface area (Å²) in [6.07, 6.45) is 5.71. The Bertz CT molecular complexity index is 1400. The number of ether oxygens (including phenoxy) is 1. The van der Waals surface area contributed by atoms with Crippen molar-refractivity contribution in [3.05, 3.63) is 89.4 Å². The van der Waals surface area contributed by atoms with Crippen LogP contribution in [0.5, 0.6) is 5.75 Å². The SMILES string of the molecule is Cc1ccc(OCCN2CCCCC2)cc1-c1ccnc(NC(=O)c2nnc(Cc3ccccc3F)[nH]2)c1. The van der Waals surface area contributed by atoms with Gasteiger partial charge in [-0.3, -0.25) is 9.69 Å². The molecule has 0 aliphatic carbocycles. The molecule has 1 aliphatic rings. The van der Waals surface area contributed by atoms with Crippen LogP contribution in [0.4, 0.5) is 10.2 Å². The Balaban J connectivity index is 1.23. The Morgan fingerprint density at radius 3 is 2.76 bits per heavy atom. The molecule has 2 aromatic heterocycles. The number of aromatic nitrogens is 4. The van der Waals surface area contributed by atoms with Crippen LogP contribution in [-0.2, 0) is 6.42 Å². The molecular weight excluding hydrogens is 483 g/mol. The second-order valence-electron chi connectivity index (χ2n) is 9.50. The van der Waals surface area contributed by atoms with Crippen LogP contribution in [-0.4, -0.2) is 57.2 Å². The maximum absolute atomic E-state index is 13.9. The predicted octanol–water partition coefficient (Wildman–Crippen LogP) is 5.02. The number of aromatic amines is 1. The number of likely N-dealkylation sites (tertiary alicyclic amines) is 1. The van der Waals surface area contributed by atoms with Crippen molar-refractivity contribution >= 4 is 11.7 Å². The van der Waals surface area contributed by atoms with E-state index in [0.29, 0.717) is 23.8 Å². The molecule has 1 saturated heterocycles. The number of halogens is 1. The number of rotatable bonds is 9. The minimum absolute atomic E-state index is 0.0313. The van der Waals surface area contributed by atoms with Gasteiger partial charge in [0, 0.05) is 19.2 Å². The van der Waals surface area contributed by atoms with Gasteiger partial charge in [-0.05, 0) is 85.4 Å². The molecule has 196 valence electrons. The summed E-state index contributed by atoms with van der Waals surface area (Å²) in [5.41, 5.74) is 3.47. The molecule has 1 amide bonds. The van der Waals surface area contributed by atoms with E-state index >= 15 is 0 Å². The van der Waals surface area contributed by atoms with Crippen molar-refractivity contribution in [1.82, 2.24) is 25.1 Å². The van der Waals surface area contributed by atoms with Crippen LogP contribution < -0.4 is 10.1 Å². The number of amides is 1. The van der Waals surface area contributed by atoms with Crippen LogP contribution in [0.15, 0.2) is 60.8 Å². The molecule has 3 heterocycles. The molecule has 4 aromatic rings. The molecule has 0 spiro atoms. The minimum atomic E-state index is -0.478. The monoisotopic (exact) mass is 514 g/mol. The summed E-state index contributed by atoms with van der Waals surface area (Å²) >= 11 is 0. The van der Waals surface area contributed by atoms with Crippen molar-refractivity contribution in [2.75, 3.05) is 31.6 Å². The smallest absolute Gasteiger partial charge is 0.294 e. The van der Waals surface area contributed by atoms with Crippen LogP contribution in [0.25, 0.3) is 11.1 Å². The van der Waals surface area contributed by atoms with E-state index < -0.39 is 5.91 Å². The number of hydrogen-bond donors (Lipinski definition) is 2. The molecule has 2 N–H and O–H groups in total. The fourth-order valence-electron chi connectivity index (χ4n) is 4.62. The van der Waals surface area contributed by atoms with Crippen molar-refractivity contribution in [3.8, 4) is 16.9 Å². The van der Waals surface area contributed by atoms with Crippen LogP contribution in [0.1, 0.15) is 46.8 Å². The topological polar surface area (TPSA) is 96.0 Å². The molecule has 2 aromatic carbocycles. The van der Waals surface area contributed by atoms with Crippen molar-refractivity contribution in [1.29, 1.82) is 0 Å². The Morgan fingerprint density at radius 1 is 1.08 bits per heavy atom. The maximum atomic E-state index is 13.9. The first kappa shape index (κ1) is 25.5. The Morgan fingerprint density at radius 2 is 1.92 bits per heavy atom. The highest BCUT2D eigenvalue weighted by Crippen LogP contribution is 2.29. The normalized spacial score (nSPS) is 13.8. The van der Waals surface area contributed by atoms with E-state index in [1.807, 2.05) is 37.3 Å². The molecular formula is C29H31FN6O2. The van der Waals surface area contributed by atoms with Crippen molar-refractivity contribution in [2.24, 2.45) is 0 Å². The van der Waals surface area contributed by atoms with Gasteiger partial charge in [0.2, 0.25) is 5.82 Å². The van der Waals surface area contributed by atoms with Gasteiger partial charge in [-0.1, -0.05) is 30.7 Å². The number of carbonyl (C=O) groups excluding carboxylic acids is 1. The predicted molar refractivity (Wildman–Crippen MR) is 144 cm³/mol. The number of pyridine rings is 1. The third-order valence-corrected chi connectivity index (χ3v) is 6.71. The number of anilines is 1. The number of benzene rings is 2. The molecule has 8 nitrogen and oxygen atoms in total. The molecule has 0 unspecified atom stereocenters. The first-order valence-corrected chi connectivity index (χ1v) is 12.9. The quantitative estimate of drug-likeness (QED) is 0.326. The maximum Gasteiger partial charge on any atom is 0.294 e. The lowest BCUT2D eigenvalue weighted by Crippen LogP contribution is -2.33. The lowest BCUT2D eigenvalue weighted by molar-refractivity contribution is 0.101. The van der Waals surface area contributed by atoms with Gasteiger partial charge in [-0.25, -0.2) is 9.37 Å². The van der Waals surface area contributed by atoms with E-state index in [9.17, 15) is 9.18 Å². The van der Waals surface area contributed by atoms with Gasteiger partial charge in [0.05, 0.1) is 0 Å². The highest BCUT2D eigenvalue weighted by molar-refractivity contribution is 6.01. The van der Waals surface area contributed by atoms with E-state index in [2.05, 4.69) is 30.4 Å². The number of carbonyl (C=O) groups is 1. The van der Waals surface area contributed by atoms with E-state index in [-0.39, 0.29) is 18.1 Å². The number of nitrogens with zero attached hydrogens (tertiary/aromatic N) is 4. The Kier molecular flexibility index (Phi) is 8.04. The average molecular weight is 515 g/mol. The summed E-state index contributed by atoms with van der Waals surface area (Å²) in [5, 5.41) is 10.7. The summed E-state index contributed by atoms with van der Waals surface area (Å²) in [5.74, 6) is 0.819. The van der Waals surface area contributed by atoms with Gasteiger partial charge in [0.15, 0.2) is 0 Å². The van der Waals surface area contributed by atoms with Crippen LogP contribution in [0.2, 0.25) is 0 Å². The standard InChI is InChI=1S/C29H31FN6O2/c1-20-9-10-23(38-16-15-36-13-5-2-6-14-36)19-24(20)21-11-12-31-26(17-21)33-29(37)28-32-27(34-35-28)18-22-7-3-4-8-25(22)30/h3-4,7-12,17,19H,2,5-6,13-16,18H2,1H3,(H,31,33,37)(H,32,34,35). The van der Waals surface area contributed by atoms with Gasteiger partial charge in [0.1, 0.15) is 29.8 Å². The van der Waals surface area contributed by atoms with E-state index in [1.54, 1.807) is 24.4 Å². The Labute approximate surface area is 221 Å². The van der Waals surface area contributed by atoms with Crippen molar-refractivity contribution in [2.45, 2.75) is 32.6 Å². The summed E-state index contributed by atoms with van der Waals surface area (Å²) < 4.78 is 20.0. The number of aryl methyl sites for hydroxylation is 1. The molecule has 1 fully saturated rings. The molecule has 1 aliphatic heterocycles. The minimum Gasteiger partial charge on any atom is -0.492 e. The lowest BCUT2D eigenvalue weighted by atomic mass is 10.0. The van der Waals surface area contributed by atoms with Gasteiger partial charge in [-0.2, -0.15) is 0 Å². The fraction of sp³-hybridized carbons (Fsp3) is 0.310. The van der Waals surface area contributed by atoms with Gasteiger partial charge < -0.3 is 15.0 Å². The highest BCUT2D eigenvalue weighted by Gasteiger charge is 2.15. The number of nitrogens with one attached hydrogen (secondary N) is 2. The average Bonchev–Trinajstić information content (AvgIpc) is 3.40. The third kappa shape index (κ3) is 6.41. The van der Waals surface area contributed by atoms with Crippen LogP contribution >= 0.6 is 0 Å². The summed E-state index contributed by atoms with van der Waals surface area (Å²) in [7, 11) is 0. The molecule has 9 heteroatoms. The highest BCUT2D eigenvalue weighted by atomic mass is 19.1. The largest absolute Gasteiger partial charge is 0.492 e. The van der Waals surface area contributed by atoms with Crippen molar-refractivity contribution in [3.63, 3.8) is 0 Å². The second kappa shape index (κ2) is 12.0. The first-order chi connectivity index (χ1) is 18.5. The zero-order valence-electron chi connectivity index (χ0n) is 21.4. The Hall–Kier alpha value is -4.11. The second-order valence-corrected chi connectivity index (χ2v) is 9.50. The first-order valence-electron chi connectivity index (χ1n) is 12.9. The van der Waals surface area contributed by atoms with Crippen LogP contribution in [0, 0.1) is 12.7 Å². The molecule has 0 atom stereocenters. The van der Waals surface area contributed by atoms with E-state index in [4.69, 9.17) is 4.74 Å². The van der Waals surface area contributed by atoms with Crippen molar-refractivity contribution < 1.29 is 13.9 Å². The molecule has 0 radical (unpaired) electrons. The summed E-state index contributed by atoms with van der Waals surface area (Å²) in [4.78, 5) is 22.4. The zero-order valence-corrected chi connectivity index (χ0v) is 21.4. The van der Waals surface area contributed by atoms with E-state index in [1.165, 1.54) is 25.3 Å². The lowest BCUT2D eigenvalue weighted by Gasteiger charge is -2.26. The molecule has 0 bridgehead atoms. The van der Waals surface area contributed by atoms with Crippen LogP contribution in [0.3, 0.4) is 0 Å².